The van der Waals surface area contributed by atoms with Crippen LogP contribution in [-0.2, 0) is 20.6 Å². The summed E-state index contributed by atoms with van der Waals surface area (Å²) >= 11 is 0. The molecule has 2 N–H and O–H groups in total. The van der Waals surface area contributed by atoms with Crippen LogP contribution in [0.5, 0.6) is 0 Å². The molecule has 1 fully saturated rings. The summed E-state index contributed by atoms with van der Waals surface area (Å²) in [7, 11) is 3.61. The monoisotopic (exact) mass is 494 g/mol. The summed E-state index contributed by atoms with van der Waals surface area (Å²) in [5.74, 6) is 5.32. The molecule has 1 saturated carbocycles. The molecule has 4 aromatic heterocycles. The van der Waals surface area contributed by atoms with Crippen LogP contribution in [0.15, 0.2) is 49.1 Å². The number of nitrogens with two attached hydrogens (primary N) is 1. The van der Waals surface area contributed by atoms with Gasteiger partial charge in [-0.05, 0) is 36.5 Å². The fourth-order valence-electron chi connectivity index (χ4n) is 4.46. The minimum atomic E-state index is -0.629. The molecule has 1 aromatic carbocycles. The predicted octanol–water partition coefficient (Wildman–Crippen LogP) is 3.18. The zero-order chi connectivity index (χ0) is 25.7. The van der Waals surface area contributed by atoms with Crippen LogP contribution >= 0.6 is 0 Å². The van der Waals surface area contributed by atoms with Crippen molar-refractivity contribution in [1.29, 1.82) is 0 Å². The number of carbonyl (C=O) groups is 1. The van der Waals surface area contributed by atoms with Gasteiger partial charge in [0.2, 0.25) is 0 Å². The van der Waals surface area contributed by atoms with E-state index in [-0.39, 0.29) is 23.3 Å². The smallest absolute Gasteiger partial charge is 0.257 e. The maximum absolute atomic E-state index is 15.2. The molecule has 0 saturated heterocycles. The number of pyridine rings is 2. The Labute approximate surface area is 211 Å². The molecule has 6 rings (SSSR count). The van der Waals surface area contributed by atoms with Crippen molar-refractivity contribution >= 4 is 33.5 Å². The van der Waals surface area contributed by atoms with Crippen molar-refractivity contribution in [2.45, 2.75) is 25.4 Å². The number of hydrogen-bond donors (Lipinski definition) is 1. The molecule has 9 nitrogen and oxygen atoms in total. The molecule has 1 amide bonds. The normalized spacial score (nSPS) is 13.1. The van der Waals surface area contributed by atoms with Crippen molar-refractivity contribution in [3.63, 3.8) is 0 Å². The van der Waals surface area contributed by atoms with E-state index in [9.17, 15) is 4.79 Å². The van der Waals surface area contributed by atoms with Gasteiger partial charge in [-0.25, -0.2) is 14.4 Å². The Bertz CT molecular complexity index is 1740. The van der Waals surface area contributed by atoms with E-state index in [1.807, 2.05) is 25.4 Å². The van der Waals surface area contributed by atoms with E-state index < -0.39 is 5.82 Å². The Morgan fingerprint density at radius 2 is 1.97 bits per heavy atom. The summed E-state index contributed by atoms with van der Waals surface area (Å²) in [6.45, 7) is 0.325. The standard InChI is InChI=1S/C27H23FN8O/c1-34-14-17(12-31-34)4-6-18-5-3-16(11-30-18)15-36(19-7-8-19)27(37)20-9-21-24(10-23(20)28)33-26(29)22-13-32-35(2)25(21)22/h3,5,9-14,19H,7-8,15H2,1-2H3,(H2,29,33). The molecule has 5 aromatic rings. The van der Waals surface area contributed by atoms with Crippen molar-refractivity contribution in [1.82, 2.24) is 34.4 Å². The van der Waals surface area contributed by atoms with E-state index >= 15 is 4.39 Å². The maximum atomic E-state index is 15.2. The van der Waals surface area contributed by atoms with Gasteiger partial charge in [0.15, 0.2) is 0 Å². The number of rotatable bonds is 4. The molecule has 0 unspecified atom stereocenters. The van der Waals surface area contributed by atoms with Gasteiger partial charge in [0, 0.05) is 50.5 Å². The van der Waals surface area contributed by atoms with Gasteiger partial charge >= 0.3 is 0 Å². The second-order valence-corrected chi connectivity index (χ2v) is 9.25. The molecule has 37 heavy (non-hydrogen) atoms. The number of amides is 1. The van der Waals surface area contributed by atoms with Gasteiger partial charge in [-0.2, -0.15) is 10.2 Å². The number of benzene rings is 1. The summed E-state index contributed by atoms with van der Waals surface area (Å²) in [5, 5.41) is 9.65. The van der Waals surface area contributed by atoms with Crippen LogP contribution < -0.4 is 5.73 Å². The Kier molecular flexibility index (Phi) is 5.34. The number of nitrogens with zero attached hydrogens (tertiary/aromatic N) is 7. The van der Waals surface area contributed by atoms with Crippen molar-refractivity contribution in [2.24, 2.45) is 14.1 Å². The van der Waals surface area contributed by atoms with E-state index in [1.165, 1.54) is 6.07 Å². The fourth-order valence-corrected chi connectivity index (χ4v) is 4.46. The third-order valence-electron chi connectivity index (χ3n) is 6.49. The number of fused-ring (bicyclic) bond motifs is 3. The van der Waals surface area contributed by atoms with Crippen LogP contribution in [0.3, 0.4) is 0 Å². The summed E-state index contributed by atoms with van der Waals surface area (Å²) in [6.07, 6.45) is 8.61. The summed E-state index contributed by atoms with van der Waals surface area (Å²) in [4.78, 5) is 24.1. The van der Waals surface area contributed by atoms with E-state index in [2.05, 4.69) is 32.0 Å². The summed E-state index contributed by atoms with van der Waals surface area (Å²) < 4.78 is 18.6. The molecular formula is C27H23FN8O. The lowest BCUT2D eigenvalue weighted by Gasteiger charge is -2.23. The van der Waals surface area contributed by atoms with Gasteiger partial charge in [-0.15, -0.1) is 0 Å². The van der Waals surface area contributed by atoms with Crippen molar-refractivity contribution < 1.29 is 9.18 Å². The van der Waals surface area contributed by atoms with Crippen LogP contribution in [0.25, 0.3) is 21.8 Å². The third kappa shape index (κ3) is 4.25. The summed E-state index contributed by atoms with van der Waals surface area (Å²) in [6, 6.07) is 6.61. The molecule has 0 bridgehead atoms. The first-order chi connectivity index (χ1) is 17.9. The molecule has 0 radical (unpaired) electrons. The van der Waals surface area contributed by atoms with Crippen LogP contribution in [0.1, 0.15) is 40.0 Å². The van der Waals surface area contributed by atoms with Gasteiger partial charge in [-0.3, -0.25) is 14.2 Å². The van der Waals surface area contributed by atoms with Crippen molar-refractivity contribution in [2.75, 3.05) is 5.73 Å². The minimum absolute atomic E-state index is 0.000359. The van der Waals surface area contributed by atoms with Gasteiger partial charge in [0.1, 0.15) is 17.3 Å². The van der Waals surface area contributed by atoms with Gasteiger partial charge in [0.25, 0.3) is 5.91 Å². The first-order valence-electron chi connectivity index (χ1n) is 11.8. The molecule has 4 heterocycles. The van der Waals surface area contributed by atoms with Crippen LogP contribution in [-0.4, -0.2) is 46.4 Å². The Morgan fingerprint density at radius 1 is 1.14 bits per heavy atom. The molecule has 184 valence electrons. The van der Waals surface area contributed by atoms with Gasteiger partial charge in [-0.1, -0.05) is 12.0 Å². The minimum Gasteiger partial charge on any atom is -0.383 e. The zero-order valence-electron chi connectivity index (χ0n) is 20.3. The molecular weight excluding hydrogens is 471 g/mol. The molecule has 1 aliphatic carbocycles. The van der Waals surface area contributed by atoms with E-state index in [1.54, 1.807) is 46.0 Å². The molecule has 0 atom stereocenters. The fraction of sp³-hybridized carbons (Fsp3) is 0.222. The average molecular weight is 495 g/mol. The van der Waals surface area contributed by atoms with Gasteiger partial charge < -0.3 is 10.6 Å². The first kappa shape index (κ1) is 22.7. The quantitative estimate of drug-likeness (QED) is 0.385. The predicted molar refractivity (Wildman–Crippen MR) is 137 cm³/mol. The lowest BCUT2D eigenvalue weighted by molar-refractivity contribution is 0.0725. The first-order valence-corrected chi connectivity index (χ1v) is 11.8. The van der Waals surface area contributed by atoms with E-state index in [0.717, 1.165) is 24.0 Å². The van der Waals surface area contributed by atoms with Crippen molar-refractivity contribution in [3.8, 4) is 11.8 Å². The molecule has 0 aliphatic heterocycles. The highest BCUT2D eigenvalue weighted by atomic mass is 19.1. The van der Waals surface area contributed by atoms with Crippen LogP contribution in [0.2, 0.25) is 0 Å². The number of anilines is 1. The van der Waals surface area contributed by atoms with Crippen LogP contribution in [0.4, 0.5) is 10.2 Å². The second-order valence-electron chi connectivity index (χ2n) is 9.25. The number of hydrogen-bond acceptors (Lipinski definition) is 6. The molecule has 0 spiro atoms. The average Bonchev–Trinajstić information content (AvgIpc) is 3.52. The Balaban J connectivity index is 1.29. The number of halogens is 1. The number of carbonyl (C=O) groups excluding carboxylic acids is 1. The molecule has 1 aliphatic rings. The number of aryl methyl sites for hydroxylation is 2. The van der Waals surface area contributed by atoms with Crippen molar-refractivity contribution in [3.05, 3.63) is 77.3 Å². The summed E-state index contributed by atoms with van der Waals surface area (Å²) in [5.41, 5.74) is 9.40. The van der Waals surface area contributed by atoms with E-state index in [4.69, 9.17) is 5.73 Å². The highest BCUT2D eigenvalue weighted by Gasteiger charge is 2.34. The third-order valence-corrected chi connectivity index (χ3v) is 6.49. The maximum Gasteiger partial charge on any atom is 0.257 e. The molecule has 10 heteroatoms. The second kappa shape index (κ2) is 8.71. The topological polar surface area (TPSA) is 108 Å². The Morgan fingerprint density at radius 3 is 2.68 bits per heavy atom. The Hall–Kier alpha value is -4.78. The van der Waals surface area contributed by atoms with E-state index in [0.29, 0.717) is 34.0 Å². The highest BCUT2D eigenvalue weighted by Crippen LogP contribution is 2.33. The number of aromatic nitrogens is 6. The lowest BCUT2D eigenvalue weighted by Crippen LogP contribution is -2.33. The SMILES string of the molecule is Cn1cc(C#Cc2ccc(CN(C(=O)c3cc4c(cc3F)nc(N)c3cnn(C)c34)C3CC3)cn2)cn1. The highest BCUT2D eigenvalue weighted by molar-refractivity contribution is 6.10. The largest absolute Gasteiger partial charge is 0.383 e. The lowest BCUT2D eigenvalue weighted by atomic mass is 10.1. The van der Waals surface area contributed by atoms with Gasteiger partial charge in [0.05, 0.1) is 39.9 Å². The van der Waals surface area contributed by atoms with Crippen LogP contribution in [0, 0.1) is 17.7 Å². The zero-order valence-corrected chi connectivity index (χ0v) is 20.3. The number of nitrogen functional groups attached to an aromatic ring is 1.